The summed E-state index contributed by atoms with van der Waals surface area (Å²) in [6.45, 7) is 9.33. The van der Waals surface area contributed by atoms with E-state index < -0.39 is 0 Å². The summed E-state index contributed by atoms with van der Waals surface area (Å²) in [6, 6.07) is 17.3. The van der Waals surface area contributed by atoms with Crippen LogP contribution in [0.3, 0.4) is 0 Å². The van der Waals surface area contributed by atoms with Gasteiger partial charge in [-0.05, 0) is 57.3 Å². The predicted molar refractivity (Wildman–Crippen MR) is 112 cm³/mol. The summed E-state index contributed by atoms with van der Waals surface area (Å²) in [6.07, 6.45) is 2.81. The highest BCUT2D eigenvalue weighted by molar-refractivity contribution is 5.79. The number of hydrogen-bond acceptors (Lipinski definition) is 2. The van der Waals surface area contributed by atoms with E-state index in [2.05, 4.69) is 79.5 Å². The molecular weight excluding hydrogens is 332 g/mol. The van der Waals surface area contributed by atoms with Gasteiger partial charge in [0.25, 0.3) is 0 Å². The van der Waals surface area contributed by atoms with Crippen LogP contribution in [-0.4, -0.2) is 23.9 Å². The summed E-state index contributed by atoms with van der Waals surface area (Å²) in [4.78, 5) is 15.3. The first-order valence-electron chi connectivity index (χ1n) is 10.2. The van der Waals surface area contributed by atoms with Crippen LogP contribution in [0.2, 0.25) is 0 Å². The van der Waals surface area contributed by atoms with Crippen LogP contribution in [0.4, 0.5) is 0 Å². The van der Waals surface area contributed by atoms with E-state index in [4.69, 9.17) is 0 Å². The van der Waals surface area contributed by atoms with E-state index in [-0.39, 0.29) is 17.9 Å². The van der Waals surface area contributed by atoms with Gasteiger partial charge < -0.3 is 5.32 Å². The Balaban J connectivity index is 1.51. The number of rotatable bonds is 6. The maximum atomic E-state index is 12.8. The highest BCUT2D eigenvalue weighted by atomic mass is 16.1. The van der Waals surface area contributed by atoms with Crippen LogP contribution in [0, 0.1) is 19.8 Å². The highest BCUT2D eigenvalue weighted by Gasteiger charge is 2.26. The Morgan fingerprint density at radius 1 is 1.07 bits per heavy atom. The number of piperidine rings is 1. The quantitative estimate of drug-likeness (QED) is 0.800. The number of benzene rings is 2. The molecule has 1 N–H and O–H groups in total. The third-order valence-electron chi connectivity index (χ3n) is 5.65. The van der Waals surface area contributed by atoms with Crippen molar-refractivity contribution in [3.8, 4) is 0 Å². The predicted octanol–water partition coefficient (Wildman–Crippen LogP) is 4.78. The topological polar surface area (TPSA) is 32.3 Å². The number of carbonyl (C=O) groups is 1. The highest BCUT2D eigenvalue weighted by Crippen LogP contribution is 2.23. The summed E-state index contributed by atoms with van der Waals surface area (Å²) in [5.74, 6) is 0.357. The van der Waals surface area contributed by atoms with Gasteiger partial charge in [-0.25, -0.2) is 0 Å². The lowest BCUT2D eigenvalue weighted by Crippen LogP contribution is -2.41. The van der Waals surface area contributed by atoms with Gasteiger partial charge in [-0.1, -0.05) is 66.6 Å². The maximum absolute atomic E-state index is 12.8. The normalized spacial score (nSPS) is 16.9. The van der Waals surface area contributed by atoms with Crippen LogP contribution in [0.5, 0.6) is 0 Å². The number of carbonyl (C=O) groups excluding carboxylic acids is 1. The standard InChI is InChI=1S/C24H32N2O/c1-4-23(21-10-8-18(2)9-11-21)25-24(27)22-12-14-26(15-13-22)17-20-7-5-6-19(3)16-20/h5-11,16,22-23H,4,12-15,17H2,1-3H3,(H,25,27)/t23-/m1/s1. The van der Waals surface area contributed by atoms with Gasteiger partial charge in [0.05, 0.1) is 6.04 Å². The van der Waals surface area contributed by atoms with Gasteiger partial charge in [0, 0.05) is 12.5 Å². The van der Waals surface area contributed by atoms with E-state index in [1.54, 1.807) is 0 Å². The van der Waals surface area contributed by atoms with Gasteiger partial charge in [0.1, 0.15) is 0 Å². The average molecular weight is 365 g/mol. The average Bonchev–Trinajstić information content (AvgIpc) is 2.67. The molecule has 1 atom stereocenters. The van der Waals surface area contributed by atoms with Crippen LogP contribution in [0.25, 0.3) is 0 Å². The molecule has 27 heavy (non-hydrogen) atoms. The van der Waals surface area contributed by atoms with E-state index in [9.17, 15) is 4.79 Å². The van der Waals surface area contributed by atoms with E-state index in [0.717, 1.165) is 38.9 Å². The number of likely N-dealkylation sites (tertiary alicyclic amines) is 1. The molecule has 144 valence electrons. The summed E-state index contributed by atoms with van der Waals surface area (Å²) in [5, 5.41) is 3.29. The molecule has 1 amide bonds. The number of hydrogen-bond donors (Lipinski definition) is 1. The zero-order valence-corrected chi connectivity index (χ0v) is 16.9. The second kappa shape index (κ2) is 9.18. The molecule has 3 rings (SSSR count). The molecule has 1 aliphatic rings. The first kappa shape index (κ1) is 19.6. The Labute approximate surface area is 163 Å². The Kier molecular flexibility index (Phi) is 6.68. The Bertz CT molecular complexity index is 745. The minimum Gasteiger partial charge on any atom is -0.349 e. The van der Waals surface area contributed by atoms with Crippen molar-refractivity contribution in [1.82, 2.24) is 10.2 Å². The van der Waals surface area contributed by atoms with Crippen molar-refractivity contribution in [1.29, 1.82) is 0 Å². The molecule has 3 heteroatoms. The van der Waals surface area contributed by atoms with Crippen LogP contribution < -0.4 is 5.32 Å². The molecule has 1 fully saturated rings. The summed E-state index contributed by atoms with van der Waals surface area (Å²) < 4.78 is 0. The molecule has 0 saturated carbocycles. The van der Waals surface area contributed by atoms with Crippen molar-refractivity contribution in [2.75, 3.05) is 13.1 Å². The minimum absolute atomic E-state index is 0.114. The molecule has 2 aromatic rings. The van der Waals surface area contributed by atoms with Gasteiger partial charge in [0.15, 0.2) is 0 Å². The second-order valence-electron chi connectivity index (χ2n) is 7.92. The van der Waals surface area contributed by atoms with Crippen molar-refractivity contribution in [3.63, 3.8) is 0 Å². The minimum atomic E-state index is 0.114. The summed E-state index contributed by atoms with van der Waals surface area (Å²) in [7, 11) is 0. The van der Waals surface area contributed by atoms with Gasteiger partial charge in [-0.2, -0.15) is 0 Å². The van der Waals surface area contributed by atoms with E-state index in [1.807, 2.05) is 0 Å². The van der Waals surface area contributed by atoms with Gasteiger partial charge in [0.2, 0.25) is 5.91 Å². The Morgan fingerprint density at radius 3 is 2.41 bits per heavy atom. The Morgan fingerprint density at radius 2 is 1.78 bits per heavy atom. The lowest BCUT2D eigenvalue weighted by molar-refractivity contribution is -0.127. The van der Waals surface area contributed by atoms with Gasteiger partial charge in [-0.15, -0.1) is 0 Å². The fourth-order valence-electron chi connectivity index (χ4n) is 3.93. The largest absolute Gasteiger partial charge is 0.349 e. The molecule has 0 aromatic heterocycles. The zero-order valence-electron chi connectivity index (χ0n) is 16.9. The first-order chi connectivity index (χ1) is 13.0. The fraction of sp³-hybridized carbons (Fsp3) is 0.458. The zero-order chi connectivity index (χ0) is 19.2. The molecule has 1 aliphatic heterocycles. The van der Waals surface area contributed by atoms with Crippen molar-refractivity contribution < 1.29 is 4.79 Å². The fourth-order valence-corrected chi connectivity index (χ4v) is 3.93. The molecule has 1 heterocycles. The lowest BCUT2D eigenvalue weighted by Gasteiger charge is -2.32. The monoisotopic (exact) mass is 364 g/mol. The van der Waals surface area contributed by atoms with Gasteiger partial charge in [-0.3, -0.25) is 9.69 Å². The van der Waals surface area contributed by atoms with Crippen molar-refractivity contribution in [3.05, 3.63) is 70.8 Å². The lowest BCUT2D eigenvalue weighted by atomic mass is 9.94. The van der Waals surface area contributed by atoms with Crippen molar-refractivity contribution in [2.45, 2.75) is 52.6 Å². The van der Waals surface area contributed by atoms with E-state index >= 15 is 0 Å². The maximum Gasteiger partial charge on any atom is 0.223 e. The molecule has 0 radical (unpaired) electrons. The molecule has 2 aromatic carbocycles. The summed E-state index contributed by atoms with van der Waals surface area (Å²) >= 11 is 0. The van der Waals surface area contributed by atoms with Gasteiger partial charge >= 0.3 is 0 Å². The molecule has 0 spiro atoms. The SMILES string of the molecule is CC[C@@H](NC(=O)C1CCN(Cc2cccc(C)c2)CC1)c1ccc(C)cc1. The molecule has 1 saturated heterocycles. The third kappa shape index (κ3) is 5.43. The molecule has 3 nitrogen and oxygen atoms in total. The Hall–Kier alpha value is -2.13. The molecule has 0 aliphatic carbocycles. The van der Waals surface area contributed by atoms with E-state index in [1.165, 1.54) is 22.3 Å². The molecule has 0 bridgehead atoms. The van der Waals surface area contributed by atoms with Crippen molar-refractivity contribution in [2.24, 2.45) is 5.92 Å². The number of amides is 1. The number of nitrogens with one attached hydrogen (secondary N) is 1. The smallest absolute Gasteiger partial charge is 0.223 e. The van der Waals surface area contributed by atoms with Crippen molar-refractivity contribution >= 4 is 5.91 Å². The van der Waals surface area contributed by atoms with E-state index in [0.29, 0.717) is 0 Å². The van der Waals surface area contributed by atoms with Crippen LogP contribution in [0.1, 0.15) is 54.5 Å². The van der Waals surface area contributed by atoms with Crippen LogP contribution in [-0.2, 0) is 11.3 Å². The second-order valence-corrected chi connectivity index (χ2v) is 7.92. The molecule has 0 unspecified atom stereocenters. The third-order valence-corrected chi connectivity index (χ3v) is 5.65. The summed E-state index contributed by atoms with van der Waals surface area (Å²) in [5.41, 5.74) is 5.13. The first-order valence-corrected chi connectivity index (χ1v) is 10.2. The molecular formula is C24H32N2O. The van der Waals surface area contributed by atoms with Crippen LogP contribution in [0.15, 0.2) is 48.5 Å². The van der Waals surface area contributed by atoms with Crippen LogP contribution >= 0.6 is 0 Å². The number of aryl methyl sites for hydroxylation is 2. The number of nitrogens with zero attached hydrogens (tertiary/aromatic N) is 1.